The standard InChI is InChI=1S/C29H29F3O4/c1-3-34-21-11-9-19(10-12-21)24-15-14-23(27(31)28(24)32)18-5-7-20(8-6-18)29(33)36-22-13-16-26(35-4-2)25(30)17-22/h5-8,13-17,19,21H,3-4,9-12H2,1-2H3. The van der Waals surface area contributed by atoms with Crippen molar-refractivity contribution in [2.75, 3.05) is 13.2 Å². The first-order valence-electron chi connectivity index (χ1n) is 12.3. The van der Waals surface area contributed by atoms with Gasteiger partial charge < -0.3 is 14.2 Å². The van der Waals surface area contributed by atoms with Crippen molar-refractivity contribution in [3.8, 4) is 22.6 Å². The zero-order chi connectivity index (χ0) is 25.7. The van der Waals surface area contributed by atoms with Gasteiger partial charge >= 0.3 is 5.97 Å². The molecule has 0 unspecified atom stereocenters. The van der Waals surface area contributed by atoms with Crippen LogP contribution in [0.15, 0.2) is 54.6 Å². The average molecular weight is 499 g/mol. The Labute approximate surface area is 209 Å². The molecule has 7 heteroatoms. The number of esters is 1. The molecule has 1 saturated carbocycles. The van der Waals surface area contributed by atoms with E-state index in [4.69, 9.17) is 14.2 Å². The number of rotatable bonds is 8. The highest BCUT2D eigenvalue weighted by atomic mass is 19.2. The lowest BCUT2D eigenvalue weighted by Crippen LogP contribution is -2.21. The molecule has 190 valence electrons. The van der Waals surface area contributed by atoms with Gasteiger partial charge in [-0.1, -0.05) is 24.3 Å². The second kappa shape index (κ2) is 11.6. The molecule has 3 aromatic rings. The molecule has 36 heavy (non-hydrogen) atoms. The quantitative estimate of drug-likeness (QED) is 0.239. The Kier molecular flexibility index (Phi) is 8.31. The van der Waals surface area contributed by atoms with Gasteiger partial charge in [0.2, 0.25) is 0 Å². The summed E-state index contributed by atoms with van der Waals surface area (Å²) in [6.45, 7) is 4.66. The van der Waals surface area contributed by atoms with E-state index in [9.17, 15) is 9.18 Å². The highest BCUT2D eigenvalue weighted by Gasteiger charge is 2.27. The molecule has 0 amide bonds. The lowest BCUT2D eigenvalue weighted by atomic mass is 9.82. The Morgan fingerprint density at radius 2 is 1.58 bits per heavy atom. The van der Waals surface area contributed by atoms with Gasteiger partial charge in [-0.2, -0.15) is 0 Å². The number of benzene rings is 3. The predicted molar refractivity (Wildman–Crippen MR) is 131 cm³/mol. The Bertz CT molecular complexity index is 1200. The number of halogens is 3. The summed E-state index contributed by atoms with van der Waals surface area (Å²) in [4.78, 5) is 12.5. The molecule has 4 nitrogen and oxygen atoms in total. The molecule has 4 rings (SSSR count). The average Bonchev–Trinajstić information content (AvgIpc) is 2.88. The monoisotopic (exact) mass is 498 g/mol. The number of ether oxygens (including phenoxy) is 3. The van der Waals surface area contributed by atoms with Gasteiger partial charge in [0, 0.05) is 18.2 Å². The van der Waals surface area contributed by atoms with E-state index in [1.807, 2.05) is 6.92 Å². The van der Waals surface area contributed by atoms with Crippen LogP contribution in [-0.2, 0) is 4.74 Å². The normalized spacial score (nSPS) is 17.6. The molecule has 0 N–H and O–H groups in total. The van der Waals surface area contributed by atoms with Crippen molar-refractivity contribution >= 4 is 5.97 Å². The lowest BCUT2D eigenvalue weighted by Gasteiger charge is -2.29. The van der Waals surface area contributed by atoms with Crippen molar-refractivity contribution in [3.05, 3.63) is 83.2 Å². The third-order valence-corrected chi connectivity index (χ3v) is 6.47. The summed E-state index contributed by atoms with van der Waals surface area (Å²) in [6, 6.07) is 13.1. The van der Waals surface area contributed by atoms with E-state index in [-0.39, 0.29) is 34.6 Å². The molecule has 0 saturated heterocycles. The fourth-order valence-electron chi connectivity index (χ4n) is 4.65. The van der Waals surface area contributed by atoms with E-state index in [2.05, 4.69) is 0 Å². The molecule has 0 atom stereocenters. The maximum Gasteiger partial charge on any atom is 0.343 e. The van der Waals surface area contributed by atoms with Crippen LogP contribution in [0.25, 0.3) is 11.1 Å². The number of carbonyl (C=O) groups is 1. The van der Waals surface area contributed by atoms with Gasteiger partial charge in [0.1, 0.15) is 5.75 Å². The van der Waals surface area contributed by atoms with Gasteiger partial charge in [-0.25, -0.2) is 18.0 Å². The van der Waals surface area contributed by atoms with Crippen LogP contribution in [0.5, 0.6) is 11.5 Å². The number of hydrogen-bond donors (Lipinski definition) is 0. The van der Waals surface area contributed by atoms with Gasteiger partial charge in [0.25, 0.3) is 0 Å². The topological polar surface area (TPSA) is 44.8 Å². The Hall–Kier alpha value is -3.32. The molecule has 0 heterocycles. The Morgan fingerprint density at radius 1 is 0.861 bits per heavy atom. The molecule has 1 aliphatic rings. The molecular formula is C29H29F3O4. The molecule has 0 bridgehead atoms. The third-order valence-electron chi connectivity index (χ3n) is 6.47. The van der Waals surface area contributed by atoms with E-state index in [1.165, 1.54) is 36.4 Å². The Morgan fingerprint density at radius 3 is 2.22 bits per heavy atom. The van der Waals surface area contributed by atoms with Crippen molar-refractivity contribution < 1.29 is 32.2 Å². The van der Waals surface area contributed by atoms with Gasteiger partial charge in [-0.05, 0) is 80.8 Å². The van der Waals surface area contributed by atoms with E-state index >= 15 is 8.78 Å². The molecule has 3 aromatic carbocycles. The zero-order valence-electron chi connectivity index (χ0n) is 20.4. The molecule has 1 aliphatic carbocycles. The van der Waals surface area contributed by atoms with Crippen LogP contribution in [-0.4, -0.2) is 25.3 Å². The van der Waals surface area contributed by atoms with Crippen LogP contribution in [0.1, 0.15) is 61.4 Å². The second-order valence-corrected chi connectivity index (χ2v) is 8.75. The summed E-state index contributed by atoms with van der Waals surface area (Å²) in [5.41, 5.74) is 1.14. The van der Waals surface area contributed by atoms with E-state index in [1.54, 1.807) is 19.1 Å². The summed E-state index contributed by atoms with van der Waals surface area (Å²) in [5, 5.41) is 0. The smallest absolute Gasteiger partial charge is 0.343 e. The van der Waals surface area contributed by atoms with Crippen molar-refractivity contribution in [3.63, 3.8) is 0 Å². The van der Waals surface area contributed by atoms with Crippen LogP contribution >= 0.6 is 0 Å². The van der Waals surface area contributed by atoms with Crippen molar-refractivity contribution in [1.82, 2.24) is 0 Å². The minimum atomic E-state index is -0.903. The van der Waals surface area contributed by atoms with Crippen LogP contribution in [0.2, 0.25) is 0 Å². The van der Waals surface area contributed by atoms with Crippen molar-refractivity contribution in [2.45, 2.75) is 51.6 Å². The summed E-state index contributed by atoms with van der Waals surface area (Å²) in [5.74, 6) is -3.00. The van der Waals surface area contributed by atoms with Gasteiger partial charge in [0.05, 0.1) is 18.3 Å². The molecular weight excluding hydrogens is 469 g/mol. The summed E-state index contributed by atoms with van der Waals surface area (Å²) in [7, 11) is 0. The SMILES string of the molecule is CCOc1ccc(OC(=O)c2ccc(-c3ccc(C4CCC(OCC)CC4)c(F)c3F)cc2)cc1F. The van der Waals surface area contributed by atoms with Crippen LogP contribution < -0.4 is 9.47 Å². The summed E-state index contributed by atoms with van der Waals surface area (Å²) < 4.78 is 60.1. The first-order chi connectivity index (χ1) is 17.4. The van der Waals surface area contributed by atoms with Gasteiger partial charge in [0.15, 0.2) is 23.2 Å². The molecule has 0 aliphatic heterocycles. The third kappa shape index (κ3) is 5.73. The van der Waals surface area contributed by atoms with Crippen molar-refractivity contribution in [2.24, 2.45) is 0 Å². The summed E-state index contributed by atoms with van der Waals surface area (Å²) in [6.07, 6.45) is 3.38. The van der Waals surface area contributed by atoms with E-state index in [0.717, 1.165) is 31.7 Å². The number of hydrogen-bond acceptors (Lipinski definition) is 4. The minimum absolute atomic E-state index is 0.0315. The van der Waals surface area contributed by atoms with E-state index in [0.29, 0.717) is 24.3 Å². The first kappa shape index (κ1) is 25.8. The van der Waals surface area contributed by atoms with Gasteiger partial charge in [-0.3, -0.25) is 0 Å². The van der Waals surface area contributed by atoms with Crippen LogP contribution in [0.3, 0.4) is 0 Å². The number of carbonyl (C=O) groups excluding carboxylic acids is 1. The second-order valence-electron chi connectivity index (χ2n) is 8.75. The largest absolute Gasteiger partial charge is 0.491 e. The van der Waals surface area contributed by atoms with E-state index < -0.39 is 23.4 Å². The molecule has 0 aromatic heterocycles. The highest BCUT2D eigenvalue weighted by Crippen LogP contribution is 2.38. The van der Waals surface area contributed by atoms with Crippen molar-refractivity contribution in [1.29, 1.82) is 0 Å². The predicted octanol–water partition coefficient (Wildman–Crippen LogP) is 7.45. The fourth-order valence-corrected chi connectivity index (χ4v) is 4.65. The first-order valence-corrected chi connectivity index (χ1v) is 12.3. The summed E-state index contributed by atoms with van der Waals surface area (Å²) >= 11 is 0. The molecule has 1 fully saturated rings. The molecule has 0 spiro atoms. The Balaban J connectivity index is 1.45. The zero-order valence-corrected chi connectivity index (χ0v) is 20.4. The van der Waals surface area contributed by atoms with Crippen LogP contribution in [0.4, 0.5) is 13.2 Å². The lowest BCUT2D eigenvalue weighted by molar-refractivity contribution is 0.0325. The minimum Gasteiger partial charge on any atom is -0.491 e. The maximum atomic E-state index is 15.0. The van der Waals surface area contributed by atoms with Gasteiger partial charge in [-0.15, -0.1) is 0 Å². The fraction of sp³-hybridized carbons (Fsp3) is 0.345. The highest BCUT2D eigenvalue weighted by molar-refractivity contribution is 5.91. The maximum absolute atomic E-state index is 15.0. The molecule has 0 radical (unpaired) electrons. The van der Waals surface area contributed by atoms with Crippen LogP contribution in [0, 0.1) is 17.5 Å².